The van der Waals surface area contributed by atoms with Gasteiger partial charge in [-0.3, -0.25) is 4.79 Å². The lowest BCUT2D eigenvalue weighted by Crippen LogP contribution is -2.36. The van der Waals surface area contributed by atoms with Crippen molar-refractivity contribution in [3.05, 3.63) is 5.82 Å². The van der Waals surface area contributed by atoms with E-state index in [2.05, 4.69) is 20.3 Å². The first-order valence-corrected chi connectivity index (χ1v) is 6.80. The highest BCUT2D eigenvalue weighted by Crippen LogP contribution is 2.22. The third-order valence-corrected chi connectivity index (χ3v) is 3.19. The predicted octanol–water partition coefficient (Wildman–Crippen LogP) is 0.466. The molecule has 1 saturated heterocycles. The average molecular weight is 278 g/mol. The van der Waals surface area contributed by atoms with Crippen molar-refractivity contribution in [1.82, 2.24) is 20.3 Å². The quantitative estimate of drug-likeness (QED) is 0.816. The van der Waals surface area contributed by atoms with Crippen molar-refractivity contribution in [2.24, 2.45) is 0 Å². The maximum atomic E-state index is 11.1. The number of nitrogen functional groups attached to an aromatic ring is 1. The summed E-state index contributed by atoms with van der Waals surface area (Å²) in [6.07, 6.45) is 0.885. The van der Waals surface area contributed by atoms with Crippen LogP contribution in [0.4, 0.5) is 11.9 Å². The summed E-state index contributed by atoms with van der Waals surface area (Å²) in [4.78, 5) is 26.1. The molecular weight excluding hydrogens is 256 g/mol. The maximum Gasteiger partial charge on any atom is 0.230 e. The van der Waals surface area contributed by atoms with Gasteiger partial charge in [0.2, 0.25) is 17.8 Å². The fraction of sp³-hybridized carbons (Fsp3) is 0.692. The average Bonchev–Trinajstić information content (AvgIpc) is 2.74. The highest BCUT2D eigenvalue weighted by Gasteiger charge is 2.27. The second kappa shape index (κ2) is 5.22. The van der Waals surface area contributed by atoms with Crippen molar-refractivity contribution in [3.8, 4) is 0 Å². The Morgan fingerprint density at radius 2 is 2.05 bits per heavy atom. The van der Waals surface area contributed by atoms with E-state index >= 15 is 0 Å². The van der Waals surface area contributed by atoms with Crippen LogP contribution in [0.1, 0.15) is 39.9 Å². The lowest BCUT2D eigenvalue weighted by molar-refractivity contribution is -0.119. The van der Waals surface area contributed by atoms with E-state index in [0.717, 1.165) is 13.0 Å². The molecule has 0 radical (unpaired) electrons. The molecule has 110 valence electrons. The molecule has 7 heteroatoms. The van der Waals surface area contributed by atoms with Crippen molar-refractivity contribution in [2.75, 3.05) is 23.7 Å². The van der Waals surface area contributed by atoms with Gasteiger partial charge in [-0.1, -0.05) is 20.8 Å². The molecule has 1 aliphatic rings. The Labute approximate surface area is 119 Å². The molecule has 1 amide bonds. The van der Waals surface area contributed by atoms with Crippen LogP contribution in [-0.2, 0) is 10.2 Å². The van der Waals surface area contributed by atoms with Gasteiger partial charge >= 0.3 is 0 Å². The maximum absolute atomic E-state index is 11.1. The molecule has 3 N–H and O–H groups in total. The Morgan fingerprint density at radius 1 is 1.35 bits per heavy atom. The molecule has 1 aromatic rings. The molecule has 0 aromatic carbocycles. The first-order valence-electron chi connectivity index (χ1n) is 6.80. The molecular formula is C13H22N6O. The molecule has 20 heavy (non-hydrogen) atoms. The second-order valence-electron chi connectivity index (χ2n) is 6.20. The molecule has 7 nitrogen and oxygen atoms in total. The molecule has 1 unspecified atom stereocenters. The SMILES string of the molecule is CC(=O)NC1CCN(c2nc(N)nc(C(C)(C)C)n2)C1. The second-order valence-corrected chi connectivity index (χ2v) is 6.20. The van der Waals surface area contributed by atoms with Gasteiger partial charge in [-0.2, -0.15) is 15.0 Å². The highest BCUT2D eigenvalue weighted by molar-refractivity contribution is 5.73. The topological polar surface area (TPSA) is 97.0 Å². The summed E-state index contributed by atoms with van der Waals surface area (Å²) in [6, 6.07) is 0.142. The molecule has 1 fully saturated rings. The van der Waals surface area contributed by atoms with Gasteiger partial charge in [-0.05, 0) is 6.42 Å². The van der Waals surface area contributed by atoms with Crippen LogP contribution in [0.5, 0.6) is 0 Å². The normalized spacial score (nSPS) is 19.2. The summed E-state index contributed by atoms with van der Waals surface area (Å²) in [6.45, 7) is 9.15. The summed E-state index contributed by atoms with van der Waals surface area (Å²) in [5, 5.41) is 2.92. The number of carbonyl (C=O) groups excluding carboxylic acids is 1. The number of carbonyl (C=O) groups is 1. The van der Waals surface area contributed by atoms with Crippen molar-refractivity contribution in [2.45, 2.75) is 45.6 Å². The van der Waals surface area contributed by atoms with Crippen LogP contribution >= 0.6 is 0 Å². The molecule has 0 saturated carbocycles. The summed E-state index contributed by atoms with van der Waals surface area (Å²) in [5.41, 5.74) is 5.60. The Kier molecular flexibility index (Phi) is 3.78. The monoisotopic (exact) mass is 278 g/mol. The summed E-state index contributed by atoms with van der Waals surface area (Å²) in [5.74, 6) is 1.50. The molecule has 0 bridgehead atoms. The van der Waals surface area contributed by atoms with Gasteiger partial charge in [0.1, 0.15) is 5.82 Å². The van der Waals surface area contributed by atoms with E-state index in [1.54, 1.807) is 0 Å². The van der Waals surface area contributed by atoms with Crippen LogP contribution in [0.2, 0.25) is 0 Å². The van der Waals surface area contributed by atoms with Gasteiger partial charge in [0.05, 0.1) is 0 Å². The van der Waals surface area contributed by atoms with E-state index in [4.69, 9.17) is 5.73 Å². The number of hydrogen-bond acceptors (Lipinski definition) is 6. The number of rotatable bonds is 2. The molecule has 2 rings (SSSR count). The number of anilines is 2. The van der Waals surface area contributed by atoms with Crippen molar-refractivity contribution in [3.63, 3.8) is 0 Å². The fourth-order valence-corrected chi connectivity index (χ4v) is 2.20. The molecule has 1 atom stereocenters. The van der Waals surface area contributed by atoms with Gasteiger partial charge < -0.3 is 16.0 Å². The molecule has 2 heterocycles. The van der Waals surface area contributed by atoms with Gasteiger partial charge in [-0.25, -0.2) is 0 Å². The number of aromatic nitrogens is 3. The van der Waals surface area contributed by atoms with E-state index in [1.165, 1.54) is 6.92 Å². The number of nitrogens with two attached hydrogens (primary N) is 1. The van der Waals surface area contributed by atoms with Gasteiger partial charge in [0.25, 0.3) is 0 Å². The lowest BCUT2D eigenvalue weighted by atomic mass is 9.96. The Balaban J connectivity index is 2.18. The zero-order valence-corrected chi connectivity index (χ0v) is 12.5. The fourth-order valence-electron chi connectivity index (χ4n) is 2.20. The zero-order valence-electron chi connectivity index (χ0n) is 12.5. The summed E-state index contributed by atoms with van der Waals surface area (Å²) in [7, 11) is 0. The number of nitrogens with one attached hydrogen (secondary N) is 1. The summed E-state index contributed by atoms with van der Waals surface area (Å²) >= 11 is 0. The van der Waals surface area contributed by atoms with Crippen LogP contribution in [0, 0.1) is 0 Å². The summed E-state index contributed by atoms with van der Waals surface area (Å²) < 4.78 is 0. The first-order chi connectivity index (χ1) is 9.25. The standard InChI is InChI=1S/C13H22N6O/c1-8(20)15-9-5-6-19(7-9)12-17-10(13(2,3)4)16-11(14)18-12/h9H,5-7H2,1-4H3,(H,15,20)(H2,14,16,17,18). The van der Waals surface area contributed by atoms with E-state index in [1.807, 2.05) is 25.7 Å². The van der Waals surface area contributed by atoms with Crippen LogP contribution in [0.15, 0.2) is 0 Å². The Hall–Kier alpha value is -1.92. The third kappa shape index (κ3) is 3.34. The number of hydrogen-bond donors (Lipinski definition) is 2. The smallest absolute Gasteiger partial charge is 0.230 e. The minimum atomic E-state index is -0.178. The van der Waals surface area contributed by atoms with Crippen molar-refractivity contribution >= 4 is 17.8 Å². The Bertz CT molecular complexity index is 510. The van der Waals surface area contributed by atoms with Crippen LogP contribution in [0.3, 0.4) is 0 Å². The molecule has 1 aromatic heterocycles. The molecule has 1 aliphatic heterocycles. The van der Waals surface area contributed by atoms with Crippen LogP contribution < -0.4 is 16.0 Å². The highest BCUT2D eigenvalue weighted by atomic mass is 16.1. The van der Waals surface area contributed by atoms with E-state index < -0.39 is 0 Å². The van der Waals surface area contributed by atoms with Crippen molar-refractivity contribution < 1.29 is 4.79 Å². The zero-order chi connectivity index (χ0) is 14.9. The lowest BCUT2D eigenvalue weighted by Gasteiger charge is -2.21. The van der Waals surface area contributed by atoms with E-state index in [0.29, 0.717) is 18.3 Å². The van der Waals surface area contributed by atoms with Crippen LogP contribution in [0.25, 0.3) is 0 Å². The first kappa shape index (κ1) is 14.5. The van der Waals surface area contributed by atoms with Crippen molar-refractivity contribution in [1.29, 1.82) is 0 Å². The van der Waals surface area contributed by atoms with Gasteiger partial charge in [-0.15, -0.1) is 0 Å². The third-order valence-electron chi connectivity index (χ3n) is 3.19. The largest absolute Gasteiger partial charge is 0.368 e. The minimum absolute atomic E-state index is 0.0117. The van der Waals surface area contributed by atoms with Gasteiger partial charge in [0.15, 0.2) is 0 Å². The molecule has 0 spiro atoms. The van der Waals surface area contributed by atoms with E-state index in [-0.39, 0.29) is 23.3 Å². The Morgan fingerprint density at radius 3 is 2.65 bits per heavy atom. The number of nitrogens with zero attached hydrogens (tertiary/aromatic N) is 4. The predicted molar refractivity (Wildman–Crippen MR) is 77.4 cm³/mol. The van der Waals surface area contributed by atoms with Crippen LogP contribution in [-0.4, -0.2) is 40.0 Å². The molecule has 0 aliphatic carbocycles. The number of amides is 1. The van der Waals surface area contributed by atoms with E-state index in [9.17, 15) is 4.79 Å². The minimum Gasteiger partial charge on any atom is -0.368 e. The van der Waals surface area contributed by atoms with Gasteiger partial charge in [0, 0.05) is 31.5 Å².